The highest BCUT2D eigenvalue weighted by Crippen LogP contribution is 2.29. The Morgan fingerprint density at radius 1 is 1.06 bits per heavy atom. The molecule has 1 aliphatic rings. The van der Waals surface area contributed by atoms with E-state index >= 15 is 0 Å². The zero-order valence-electron chi connectivity index (χ0n) is 20.7. The van der Waals surface area contributed by atoms with Crippen molar-refractivity contribution in [3.8, 4) is 17.2 Å². The molecule has 2 aromatic carbocycles. The summed E-state index contributed by atoms with van der Waals surface area (Å²) in [5.41, 5.74) is 3.55. The van der Waals surface area contributed by atoms with Crippen molar-refractivity contribution in [2.75, 3.05) is 18.1 Å². The molecule has 1 fully saturated rings. The molecule has 0 spiro atoms. The molecule has 6 nitrogen and oxygen atoms in total. The standard InChI is InChI=1S/C29H31FN4O2/c1-20-16-25(34(19-20)29-31-14-12-24(18-30)32-29)17-22-8-10-26(11-9-22)35-15-13-27-21(2)36-28(33-27)23-6-4-3-5-7-23/h3-12,14,20,25H,13,15-19H2,1-2H3/t20-,25-/m0/s1. The number of aromatic nitrogens is 3. The number of ether oxygens (including phenoxy) is 1. The monoisotopic (exact) mass is 486 g/mol. The number of oxazole rings is 1. The van der Waals surface area contributed by atoms with Gasteiger partial charge in [0, 0.05) is 30.8 Å². The quantitative estimate of drug-likeness (QED) is 0.290. The fourth-order valence-corrected chi connectivity index (χ4v) is 4.81. The summed E-state index contributed by atoms with van der Waals surface area (Å²) in [7, 11) is 0. The third kappa shape index (κ3) is 5.56. The maximum atomic E-state index is 13.1. The number of halogens is 1. The third-order valence-corrected chi connectivity index (χ3v) is 6.63. The van der Waals surface area contributed by atoms with Gasteiger partial charge in [0.1, 0.15) is 18.2 Å². The van der Waals surface area contributed by atoms with Crippen molar-refractivity contribution in [2.24, 2.45) is 5.92 Å². The molecule has 0 radical (unpaired) electrons. The van der Waals surface area contributed by atoms with Gasteiger partial charge in [0.15, 0.2) is 0 Å². The van der Waals surface area contributed by atoms with Gasteiger partial charge in [-0.2, -0.15) is 0 Å². The van der Waals surface area contributed by atoms with E-state index in [0.29, 0.717) is 36.5 Å². The molecule has 1 saturated heterocycles. The number of anilines is 1. The Morgan fingerprint density at radius 2 is 1.86 bits per heavy atom. The lowest BCUT2D eigenvalue weighted by Gasteiger charge is -2.25. The summed E-state index contributed by atoms with van der Waals surface area (Å²) >= 11 is 0. The van der Waals surface area contributed by atoms with E-state index in [0.717, 1.165) is 42.2 Å². The topological polar surface area (TPSA) is 64.3 Å². The van der Waals surface area contributed by atoms with Crippen molar-refractivity contribution < 1.29 is 13.5 Å². The maximum Gasteiger partial charge on any atom is 0.226 e. The molecule has 2 aromatic heterocycles. The molecule has 4 aromatic rings. The average molecular weight is 487 g/mol. The molecule has 2 atom stereocenters. The van der Waals surface area contributed by atoms with Gasteiger partial charge in [0.05, 0.1) is 18.0 Å². The minimum atomic E-state index is -0.574. The van der Waals surface area contributed by atoms with E-state index in [-0.39, 0.29) is 6.04 Å². The van der Waals surface area contributed by atoms with Gasteiger partial charge in [-0.15, -0.1) is 0 Å². The van der Waals surface area contributed by atoms with Crippen LogP contribution in [0, 0.1) is 12.8 Å². The van der Waals surface area contributed by atoms with Crippen LogP contribution in [0.15, 0.2) is 71.3 Å². The van der Waals surface area contributed by atoms with Gasteiger partial charge in [-0.05, 0) is 61.6 Å². The molecule has 36 heavy (non-hydrogen) atoms. The second-order valence-corrected chi connectivity index (χ2v) is 9.46. The van der Waals surface area contributed by atoms with E-state index in [2.05, 4.69) is 38.9 Å². The molecule has 1 aliphatic heterocycles. The molecule has 186 valence electrons. The lowest BCUT2D eigenvalue weighted by atomic mass is 10.0. The van der Waals surface area contributed by atoms with Gasteiger partial charge in [0.25, 0.3) is 0 Å². The highest BCUT2D eigenvalue weighted by atomic mass is 19.1. The smallest absolute Gasteiger partial charge is 0.226 e. The highest BCUT2D eigenvalue weighted by molar-refractivity contribution is 5.53. The lowest BCUT2D eigenvalue weighted by Crippen LogP contribution is -2.32. The van der Waals surface area contributed by atoms with E-state index in [4.69, 9.17) is 9.15 Å². The molecule has 0 amide bonds. The largest absolute Gasteiger partial charge is 0.493 e. The van der Waals surface area contributed by atoms with Crippen molar-refractivity contribution in [3.05, 3.63) is 89.6 Å². The van der Waals surface area contributed by atoms with Crippen LogP contribution in [-0.4, -0.2) is 34.1 Å². The Labute approximate surface area is 211 Å². The SMILES string of the molecule is Cc1oc(-c2ccccc2)nc1CCOc1ccc(C[C@@H]2C[C@H](C)CN2c2nccc(CF)n2)cc1. The van der Waals surface area contributed by atoms with Gasteiger partial charge in [-0.3, -0.25) is 0 Å². The number of hydrogen-bond donors (Lipinski definition) is 0. The number of benzene rings is 2. The van der Waals surface area contributed by atoms with Crippen molar-refractivity contribution >= 4 is 5.95 Å². The van der Waals surface area contributed by atoms with Gasteiger partial charge in [0.2, 0.25) is 11.8 Å². The number of rotatable bonds is 9. The molecule has 7 heteroatoms. The van der Waals surface area contributed by atoms with Crippen LogP contribution in [-0.2, 0) is 19.5 Å². The summed E-state index contributed by atoms with van der Waals surface area (Å²) in [5.74, 6) is 3.46. The number of nitrogens with zero attached hydrogens (tertiary/aromatic N) is 4. The lowest BCUT2D eigenvalue weighted by molar-refractivity contribution is 0.320. The molecule has 5 rings (SSSR count). The molecule has 0 saturated carbocycles. The summed E-state index contributed by atoms with van der Waals surface area (Å²) in [4.78, 5) is 15.7. The summed E-state index contributed by atoms with van der Waals surface area (Å²) in [6.07, 6.45) is 4.26. The number of alkyl halides is 1. The summed E-state index contributed by atoms with van der Waals surface area (Å²) < 4.78 is 24.9. The normalized spacial score (nSPS) is 17.5. The molecule has 3 heterocycles. The zero-order valence-corrected chi connectivity index (χ0v) is 20.7. The first-order valence-electron chi connectivity index (χ1n) is 12.5. The summed E-state index contributed by atoms with van der Waals surface area (Å²) in [6, 6.07) is 20.1. The number of hydrogen-bond acceptors (Lipinski definition) is 6. The van der Waals surface area contributed by atoms with E-state index in [1.807, 2.05) is 49.4 Å². The fraction of sp³-hybridized carbons (Fsp3) is 0.345. The molecule has 0 N–H and O–H groups in total. The first kappa shape index (κ1) is 24.0. The Kier molecular flexibility index (Phi) is 7.26. The van der Waals surface area contributed by atoms with Gasteiger partial charge < -0.3 is 14.1 Å². The van der Waals surface area contributed by atoms with Gasteiger partial charge in [-0.25, -0.2) is 19.3 Å². The minimum Gasteiger partial charge on any atom is -0.493 e. The van der Waals surface area contributed by atoms with Crippen LogP contribution in [0.2, 0.25) is 0 Å². The Balaban J connectivity index is 1.17. The van der Waals surface area contributed by atoms with Gasteiger partial charge in [-0.1, -0.05) is 37.3 Å². The predicted octanol–water partition coefficient (Wildman–Crippen LogP) is 5.99. The zero-order chi connectivity index (χ0) is 24.9. The van der Waals surface area contributed by atoms with Crippen molar-refractivity contribution in [2.45, 2.75) is 45.8 Å². The van der Waals surface area contributed by atoms with E-state index in [1.165, 1.54) is 5.56 Å². The van der Waals surface area contributed by atoms with Crippen LogP contribution in [0.4, 0.5) is 10.3 Å². The average Bonchev–Trinajstić information content (AvgIpc) is 3.47. The third-order valence-electron chi connectivity index (χ3n) is 6.63. The fourth-order valence-electron chi connectivity index (χ4n) is 4.81. The molecule has 0 bridgehead atoms. The van der Waals surface area contributed by atoms with E-state index in [9.17, 15) is 4.39 Å². The van der Waals surface area contributed by atoms with Crippen LogP contribution in [0.3, 0.4) is 0 Å². The van der Waals surface area contributed by atoms with Crippen molar-refractivity contribution in [1.82, 2.24) is 15.0 Å². The Hall–Kier alpha value is -3.74. The molecule has 0 aliphatic carbocycles. The van der Waals surface area contributed by atoms with E-state index < -0.39 is 6.67 Å². The maximum absolute atomic E-state index is 13.1. The van der Waals surface area contributed by atoms with E-state index in [1.54, 1.807) is 12.3 Å². The second kappa shape index (κ2) is 10.9. The Bertz CT molecular complexity index is 1280. The Morgan fingerprint density at radius 3 is 2.64 bits per heavy atom. The van der Waals surface area contributed by atoms with Crippen LogP contribution in [0.1, 0.15) is 36.1 Å². The van der Waals surface area contributed by atoms with Crippen LogP contribution < -0.4 is 9.64 Å². The summed E-state index contributed by atoms with van der Waals surface area (Å²) in [5, 5.41) is 0. The van der Waals surface area contributed by atoms with Crippen LogP contribution >= 0.6 is 0 Å². The molecular weight excluding hydrogens is 455 g/mol. The molecule has 0 unspecified atom stereocenters. The predicted molar refractivity (Wildman–Crippen MR) is 138 cm³/mol. The first-order chi connectivity index (χ1) is 17.6. The van der Waals surface area contributed by atoms with Crippen LogP contribution in [0.5, 0.6) is 5.75 Å². The minimum absolute atomic E-state index is 0.288. The first-order valence-corrected chi connectivity index (χ1v) is 12.5. The van der Waals surface area contributed by atoms with Crippen molar-refractivity contribution in [1.29, 1.82) is 0 Å². The molecular formula is C29H31FN4O2. The second-order valence-electron chi connectivity index (χ2n) is 9.46. The number of aryl methyl sites for hydroxylation is 1. The van der Waals surface area contributed by atoms with Crippen LogP contribution in [0.25, 0.3) is 11.5 Å². The van der Waals surface area contributed by atoms with Crippen molar-refractivity contribution in [3.63, 3.8) is 0 Å². The highest BCUT2D eigenvalue weighted by Gasteiger charge is 2.31. The van der Waals surface area contributed by atoms with Gasteiger partial charge >= 0.3 is 0 Å². The summed E-state index contributed by atoms with van der Waals surface area (Å²) in [6.45, 7) is 5.01.